The van der Waals surface area contributed by atoms with Crippen molar-refractivity contribution in [2.45, 2.75) is 6.54 Å². The summed E-state index contributed by atoms with van der Waals surface area (Å²) in [6.07, 6.45) is 1.53. The van der Waals surface area contributed by atoms with Gasteiger partial charge in [-0.15, -0.1) is 11.3 Å². The van der Waals surface area contributed by atoms with Crippen molar-refractivity contribution in [3.05, 3.63) is 74.1 Å². The van der Waals surface area contributed by atoms with Crippen molar-refractivity contribution in [2.24, 2.45) is 0 Å². The van der Waals surface area contributed by atoms with E-state index in [9.17, 15) is 4.79 Å². The van der Waals surface area contributed by atoms with Gasteiger partial charge in [-0.1, -0.05) is 35.3 Å². The normalized spacial score (nSPS) is 11.0. The molecule has 0 N–H and O–H groups in total. The first kappa shape index (κ1) is 19.8. The quantitative estimate of drug-likeness (QED) is 0.406. The minimum absolute atomic E-state index is 0.156. The number of rotatable bonds is 5. The Morgan fingerprint density at radius 2 is 1.79 bits per heavy atom. The summed E-state index contributed by atoms with van der Waals surface area (Å²) in [5.74, 6) is 1.22. The topological polar surface area (TPSA) is 53.4 Å². The molecule has 0 amide bonds. The van der Waals surface area contributed by atoms with E-state index in [1.165, 1.54) is 22.2 Å². The van der Waals surface area contributed by atoms with Crippen molar-refractivity contribution in [1.29, 1.82) is 0 Å². The Morgan fingerprint density at radius 3 is 2.48 bits per heavy atom. The second-order valence-corrected chi connectivity index (χ2v) is 7.95. The molecule has 0 atom stereocenters. The molecule has 0 aliphatic heterocycles. The van der Waals surface area contributed by atoms with Gasteiger partial charge in [-0.05, 0) is 29.8 Å². The summed E-state index contributed by atoms with van der Waals surface area (Å²) in [5.41, 5.74) is 2.17. The zero-order valence-corrected chi connectivity index (χ0v) is 17.9. The van der Waals surface area contributed by atoms with E-state index in [0.717, 1.165) is 11.1 Å². The summed E-state index contributed by atoms with van der Waals surface area (Å²) < 4.78 is 12.2. The van der Waals surface area contributed by atoms with Crippen molar-refractivity contribution in [1.82, 2.24) is 9.55 Å². The summed E-state index contributed by atoms with van der Waals surface area (Å²) in [6.45, 7) is 0.238. The lowest BCUT2D eigenvalue weighted by molar-refractivity contribution is 0.355. The SMILES string of the molecule is COc1ccc(-c2csc3ncn(Cc4c(Cl)cccc4Cl)c(=O)c23)cc1OC. The highest BCUT2D eigenvalue weighted by Gasteiger charge is 2.16. The fraction of sp³-hybridized carbons (Fsp3) is 0.143. The number of hydrogen-bond acceptors (Lipinski definition) is 5. The van der Waals surface area contributed by atoms with Crippen molar-refractivity contribution in [3.63, 3.8) is 0 Å². The van der Waals surface area contributed by atoms with Gasteiger partial charge in [0.15, 0.2) is 11.5 Å². The standard InChI is InChI=1S/C21H16Cl2N2O3S/c1-27-17-7-6-12(8-18(17)28-2)14-10-29-20-19(14)21(26)25(11-24-20)9-13-15(22)4-3-5-16(13)23/h3-8,10-11H,9H2,1-2H3. The average molecular weight is 447 g/mol. The molecule has 0 saturated carbocycles. The van der Waals surface area contributed by atoms with E-state index in [4.69, 9.17) is 32.7 Å². The van der Waals surface area contributed by atoms with Crippen molar-refractivity contribution in [2.75, 3.05) is 14.2 Å². The fourth-order valence-corrected chi connectivity index (χ4v) is 4.57. The van der Waals surface area contributed by atoms with Gasteiger partial charge < -0.3 is 9.47 Å². The lowest BCUT2D eigenvalue weighted by Crippen LogP contribution is -2.21. The van der Waals surface area contributed by atoms with Crippen LogP contribution < -0.4 is 15.0 Å². The first-order chi connectivity index (χ1) is 14.0. The van der Waals surface area contributed by atoms with Crippen LogP contribution in [0.15, 0.2) is 52.9 Å². The second-order valence-electron chi connectivity index (χ2n) is 6.28. The maximum absolute atomic E-state index is 13.3. The lowest BCUT2D eigenvalue weighted by Gasteiger charge is -2.11. The summed E-state index contributed by atoms with van der Waals surface area (Å²) in [6, 6.07) is 10.8. The molecule has 0 bridgehead atoms. The van der Waals surface area contributed by atoms with E-state index in [2.05, 4.69) is 4.98 Å². The van der Waals surface area contributed by atoms with Crippen LogP contribution in [0.5, 0.6) is 11.5 Å². The molecular weight excluding hydrogens is 431 g/mol. The monoisotopic (exact) mass is 446 g/mol. The van der Waals surface area contributed by atoms with Gasteiger partial charge in [0.2, 0.25) is 0 Å². The molecule has 148 valence electrons. The number of methoxy groups -OCH3 is 2. The third-order valence-electron chi connectivity index (χ3n) is 4.65. The summed E-state index contributed by atoms with van der Waals surface area (Å²) in [5, 5.41) is 3.49. The summed E-state index contributed by atoms with van der Waals surface area (Å²) in [7, 11) is 3.16. The van der Waals surface area contributed by atoms with Gasteiger partial charge in [0.05, 0.1) is 32.5 Å². The second kappa shape index (κ2) is 8.06. The third kappa shape index (κ3) is 3.59. The fourth-order valence-electron chi connectivity index (χ4n) is 3.15. The van der Waals surface area contributed by atoms with Gasteiger partial charge in [0.1, 0.15) is 4.83 Å². The van der Waals surface area contributed by atoms with E-state index in [1.807, 2.05) is 23.6 Å². The van der Waals surface area contributed by atoms with Gasteiger partial charge in [-0.3, -0.25) is 9.36 Å². The average Bonchev–Trinajstić information content (AvgIpc) is 3.16. The molecule has 4 rings (SSSR count). The van der Waals surface area contributed by atoms with Gasteiger partial charge in [-0.25, -0.2) is 4.98 Å². The van der Waals surface area contributed by atoms with E-state index in [0.29, 0.717) is 37.3 Å². The highest BCUT2D eigenvalue weighted by molar-refractivity contribution is 7.17. The zero-order chi connectivity index (χ0) is 20.5. The number of nitrogens with zero attached hydrogens (tertiary/aromatic N) is 2. The Morgan fingerprint density at radius 1 is 1.07 bits per heavy atom. The van der Waals surface area contributed by atoms with Crippen molar-refractivity contribution < 1.29 is 9.47 Å². The van der Waals surface area contributed by atoms with Crippen LogP contribution >= 0.6 is 34.5 Å². The number of benzene rings is 2. The highest BCUT2D eigenvalue weighted by Crippen LogP contribution is 2.36. The van der Waals surface area contributed by atoms with E-state index < -0.39 is 0 Å². The molecule has 0 saturated heterocycles. The molecule has 2 heterocycles. The van der Waals surface area contributed by atoms with Crippen LogP contribution in [-0.4, -0.2) is 23.8 Å². The maximum atomic E-state index is 13.3. The van der Waals surface area contributed by atoms with Crippen LogP contribution in [0, 0.1) is 0 Å². The number of aromatic nitrogens is 2. The molecule has 0 aliphatic carbocycles. The Bertz CT molecular complexity index is 1250. The first-order valence-electron chi connectivity index (χ1n) is 8.65. The molecule has 8 heteroatoms. The van der Waals surface area contributed by atoms with Crippen LogP contribution in [0.2, 0.25) is 10.0 Å². The lowest BCUT2D eigenvalue weighted by atomic mass is 10.1. The minimum Gasteiger partial charge on any atom is -0.493 e. The van der Waals surface area contributed by atoms with E-state index >= 15 is 0 Å². The number of halogens is 2. The predicted molar refractivity (Wildman–Crippen MR) is 118 cm³/mol. The maximum Gasteiger partial charge on any atom is 0.263 e. The first-order valence-corrected chi connectivity index (χ1v) is 10.3. The molecular formula is C21H16Cl2N2O3S. The molecule has 2 aromatic carbocycles. The Labute approximate surface area is 181 Å². The molecule has 0 unspecified atom stereocenters. The molecule has 0 spiro atoms. The Hall–Kier alpha value is -2.54. The van der Waals surface area contributed by atoms with E-state index in [-0.39, 0.29) is 12.1 Å². The largest absolute Gasteiger partial charge is 0.493 e. The van der Waals surface area contributed by atoms with E-state index in [1.54, 1.807) is 32.4 Å². The van der Waals surface area contributed by atoms with Gasteiger partial charge in [0, 0.05) is 26.6 Å². The van der Waals surface area contributed by atoms with Crippen LogP contribution in [0.3, 0.4) is 0 Å². The number of hydrogen-bond donors (Lipinski definition) is 0. The van der Waals surface area contributed by atoms with Crippen LogP contribution in [0.4, 0.5) is 0 Å². The Kier molecular flexibility index (Phi) is 5.50. The molecule has 29 heavy (non-hydrogen) atoms. The van der Waals surface area contributed by atoms with Crippen molar-refractivity contribution >= 4 is 44.8 Å². The minimum atomic E-state index is -0.156. The molecule has 0 aliphatic rings. The van der Waals surface area contributed by atoms with Crippen molar-refractivity contribution in [3.8, 4) is 22.6 Å². The van der Waals surface area contributed by atoms with Crippen LogP contribution in [-0.2, 0) is 6.54 Å². The zero-order valence-electron chi connectivity index (χ0n) is 15.6. The smallest absolute Gasteiger partial charge is 0.263 e. The third-order valence-corrected chi connectivity index (χ3v) is 6.24. The van der Waals surface area contributed by atoms with Crippen LogP contribution in [0.1, 0.15) is 5.56 Å². The van der Waals surface area contributed by atoms with Gasteiger partial charge in [0.25, 0.3) is 5.56 Å². The predicted octanol–water partition coefficient (Wildman–Crippen LogP) is 5.50. The molecule has 2 aromatic heterocycles. The van der Waals surface area contributed by atoms with Crippen LogP contribution in [0.25, 0.3) is 21.3 Å². The molecule has 0 radical (unpaired) electrons. The summed E-state index contributed by atoms with van der Waals surface area (Å²) in [4.78, 5) is 18.4. The molecule has 5 nitrogen and oxygen atoms in total. The molecule has 0 fully saturated rings. The summed E-state index contributed by atoms with van der Waals surface area (Å²) >= 11 is 14.0. The molecule has 4 aromatic rings. The number of thiophene rings is 1. The highest BCUT2D eigenvalue weighted by atomic mass is 35.5. The Balaban J connectivity index is 1.85. The van der Waals surface area contributed by atoms with Gasteiger partial charge in [-0.2, -0.15) is 0 Å². The number of fused-ring (bicyclic) bond motifs is 1. The number of ether oxygens (including phenoxy) is 2. The van der Waals surface area contributed by atoms with Gasteiger partial charge >= 0.3 is 0 Å².